The summed E-state index contributed by atoms with van der Waals surface area (Å²) in [4.78, 5) is 12.4. The number of hydrogen-bond donors (Lipinski definition) is 1. The number of aryl methyl sites for hydroxylation is 1. The molecule has 0 radical (unpaired) electrons. The van der Waals surface area contributed by atoms with Crippen LogP contribution >= 0.6 is 0 Å². The zero-order valence-electron chi connectivity index (χ0n) is 13.2. The van der Waals surface area contributed by atoms with Gasteiger partial charge in [-0.05, 0) is 37.4 Å². The van der Waals surface area contributed by atoms with Gasteiger partial charge in [-0.1, -0.05) is 54.1 Å². The number of ether oxygens (including phenoxy) is 1. The predicted octanol–water partition coefficient (Wildman–Crippen LogP) is 4.55. The van der Waals surface area contributed by atoms with Crippen LogP contribution in [0.1, 0.15) is 12.5 Å². The van der Waals surface area contributed by atoms with Crippen molar-refractivity contribution < 1.29 is 9.53 Å². The number of carbonyl (C=O) groups excluding carboxylic acids is 1. The Hall–Kier alpha value is -2.81. The average Bonchev–Trinajstić information content (AvgIpc) is 2.57. The summed E-state index contributed by atoms with van der Waals surface area (Å²) in [6.07, 6.45) is -0.573. The molecule has 23 heavy (non-hydrogen) atoms. The van der Waals surface area contributed by atoms with Gasteiger partial charge < -0.3 is 10.1 Å². The largest absolute Gasteiger partial charge is 0.481 e. The number of nitrogens with one attached hydrogen (secondary N) is 1. The zero-order chi connectivity index (χ0) is 16.2. The molecule has 0 unspecified atom stereocenters. The van der Waals surface area contributed by atoms with Gasteiger partial charge in [0.25, 0.3) is 5.91 Å². The summed E-state index contributed by atoms with van der Waals surface area (Å²) in [6.45, 7) is 3.76. The van der Waals surface area contributed by atoms with Crippen LogP contribution in [0.5, 0.6) is 5.75 Å². The quantitative estimate of drug-likeness (QED) is 0.767. The summed E-state index contributed by atoms with van der Waals surface area (Å²) in [5, 5.41) is 5.07. The smallest absolute Gasteiger partial charge is 0.265 e. The summed E-state index contributed by atoms with van der Waals surface area (Å²) >= 11 is 0. The van der Waals surface area contributed by atoms with Crippen molar-refractivity contribution in [1.29, 1.82) is 0 Å². The van der Waals surface area contributed by atoms with Gasteiger partial charge in [-0.25, -0.2) is 0 Å². The van der Waals surface area contributed by atoms with E-state index in [0.29, 0.717) is 5.75 Å². The van der Waals surface area contributed by atoms with E-state index in [4.69, 9.17) is 4.74 Å². The second-order valence-corrected chi connectivity index (χ2v) is 5.59. The third-order valence-electron chi connectivity index (χ3n) is 3.75. The van der Waals surface area contributed by atoms with E-state index < -0.39 is 6.10 Å². The Labute approximate surface area is 135 Å². The Balaban J connectivity index is 1.74. The Morgan fingerprint density at radius 1 is 0.957 bits per heavy atom. The van der Waals surface area contributed by atoms with Crippen molar-refractivity contribution in [3.05, 3.63) is 72.3 Å². The van der Waals surface area contributed by atoms with Crippen molar-refractivity contribution in [3.63, 3.8) is 0 Å². The number of carbonyl (C=O) groups is 1. The Morgan fingerprint density at radius 3 is 2.43 bits per heavy atom. The van der Waals surface area contributed by atoms with E-state index >= 15 is 0 Å². The molecule has 3 nitrogen and oxygen atoms in total. The SMILES string of the molecule is Cc1ccc(O[C@H](C)C(=O)Nc2cccc3ccccc23)cc1. The number of benzene rings is 3. The minimum atomic E-state index is -0.573. The van der Waals surface area contributed by atoms with Gasteiger partial charge in [0.2, 0.25) is 0 Å². The molecule has 0 saturated carbocycles. The molecular weight excluding hydrogens is 286 g/mol. The third kappa shape index (κ3) is 3.51. The number of rotatable bonds is 4. The molecule has 0 fully saturated rings. The van der Waals surface area contributed by atoms with E-state index in [-0.39, 0.29) is 5.91 Å². The van der Waals surface area contributed by atoms with Crippen molar-refractivity contribution in [3.8, 4) is 5.75 Å². The average molecular weight is 305 g/mol. The lowest BCUT2D eigenvalue weighted by Gasteiger charge is -2.16. The first-order valence-electron chi connectivity index (χ1n) is 7.65. The van der Waals surface area contributed by atoms with E-state index in [1.54, 1.807) is 6.92 Å². The molecule has 0 bridgehead atoms. The molecule has 0 aliphatic carbocycles. The lowest BCUT2D eigenvalue weighted by atomic mass is 10.1. The molecule has 3 aromatic rings. The molecule has 1 amide bonds. The topological polar surface area (TPSA) is 38.3 Å². The summed E-state index contributed by atoms with van der Waals surface area (Å²) in [5.74, 6) is 0.526. The fourth-order valence-corrected chi connectivity index (χ4v) is 2.44. The van der Waals surface area contributed by atoms with Gasteiger partial charge in [0.15, 0.2) is 6.10 Å². The van der Waals surface area contributed by atoms with Crippen molar-refractivity contribution >= 4 is 22.4 Å². The van der Waals surface area contributed by atoms with Crippen molar-refractivity contribution in [1.82, 2.24) is 0 Å². The molecule has 1 atom stereocenters. The minimum Gasteiger partial charge on any atom is -0.481 e. The molecule has 3 heteroatoms. The van der Waals surface area contributed by atoms with Gasteiger partial charge in [-0.3, -0.25) is 4.79 Å². The van der Waals surface area contributed by atoms with Gasteiger partial charge in [0, 0.05) is 11.1 Å². The summed E-state index contributed by atoms with van der Waals surface area (Å²) in [5.41, 5.74) is 1.96. The number of anilines is 1. The molecule has 0 saturated heterocycles. The molecule has 0 heterocycles. The molecule has 0 aliphatic heterocycles. The maximum atomic E-state index is 12.4. The molecule has 0 aromatic heterocycles. The van der Waals surface area contributed by atoms with Crippen LogP contribution in [0.25, 0.3) is 10.8 Å². The molecule has 3 aromatic carbocycles. The Morgan fingerprint density at radius 2 is 1.65 bits per heavy atom. The van der Waals surface area contributed by atoms with Gasteiger partial charge in [-0.2, -0.15) is 0 Å². The standard InChI is InChI=1S/C20H19NO2/c1-14-10-12-17(13-11-14)23-15(2)20(22)21-19-9-5-7-16-6-3-4-8-18(16)19/h3-13,15H,1-2H3,(H,21,22)/t15-/m1/s1. The first-order valence-corrected chi connectivity index (χ1v) is 7.65. The van der Waals surface area contributed by atoms with Gasteiger partial charge in [0.1, 0.15) is 5.75 Å². The van der Waals surface area contributed by atoms with Gasteiger partial charge >= 0.3 is 0 Å². The number of hydrogen-bond acceptors (Lipinski definition) is 2. The molecule has 3 rings (SSSR count). The summed E-state index contributed by atoms with van der Waals surface area (Å²) in [6, 6.07) is 21.5. The van der Waals surface area contributed by atoms with Gasteiger partial charge in [0.05, 0.1) is 0 Å². The highest BCUT2D eigenvalue weighted by molar-refractivity contribution is 6.03. The fraction of sp³-hybridized carbons (Fsp3) is 0.150. The van der Waals surface area contributed by atoms with Crippen molar-refractivity contribution in [2.24, 2.45) is 0 Å². The van der Waals surface area contributed by atoms with Crippen LogP contribution in [0.2, 0.25) is 0 Å². The maximum Gasteiger partial charge on any atom is 0.265 e. The highest BCUT2D eigenvalue weighted by Gasteiger charge is 2.15. The predicted molar refractivity (Wildman–Crippen MR) is 93.8 cm³/mol. The highest BCUT2D eigenvalue weighted by Crippen LogP contribution is 2.23. The first kappa shape index (κ1) is 15.1. The number of fused-ring (bicyclic) bond motifs is 1. The van der Waals surface area contributed by atoms with E-state index in [1.807, 2.05) is 73.7 Å². The highest BCUT2D eigenvalue weighted by atomic mass is 16.5. The monoisotopic (exact) mass is 305 g/mol. The van der Waals surface area contributed by atoms with E-state index in [0.717, 1.165) is 22.0 Å². The second-order valence-electron chi connectivity index (χ2n) is 5.59. The van der Waals surface area contributed by atoms with Crippen LogP contribution in [-0.4, -0.2) is 12.0 Å². The zero-order valence-corrected chi connectivity index (χ0v) is 13.2. The van der Waals surface area contributed by atoms with Crippen molar-refractivity contribution in [2.75, 3.05) is 5.32 Å². The third-order valence-corrected chi connectivity index (χ3v) is 3.75. The van der Waals surface area contributed by atoms with Crippen LogP contribution in [-0.2, 0) is 4.79 Å². The lowest BCUT2D eigenvalue weighted by Crippen LogP contribution is -2.30. The summed E-state index contributed by atoms with van der Waals surface area (Å²) < 4.78 is 5.70. The number of amides is 1. The lowest BCUT2D eigenvalue weighted by molar-refractivity contribution is -0.122. The summed E-state index contributed by atoms with van der Waals surface area (Å²) in [7, 11) is 0. The van der Waals surface area contributed by atoms with Gasteiger partial charge in [-0.15, -0.1) is 0 Å². The molecule has 0 aliphatic rings. The maximum absolute atomic E-state index is 12.4. The minimum absolute atomic E-state index is 0.165. The van der Waals surface area contributed by atoms with Crippen LogP contribution < -0.4 is 10.1 Å². The van der Waals surface area contributed by atoms with Crippen LogP contribution in [0, 0.1) is 6.92 Å². The normalized spacial score (nSPS) is 11.9. The molecular formula is C20H19NO2. The van der Waals surface area contributed by atoms with E-state index in [1.165, 1.54) is 0 Å². The Bertz CT molecular complexity index is 819. The van der Waals surface area contributed by atoms with Crippen molar-refractivity contribution in [2.45, 2.75) is 20.0 Å². The van der Waals surface area contributed by atoms with Crippen LogP contribution in [0.4, 0.5) is 5.69 Å². The van der Waals surface area contributed by atoms with Crippen LogP contribution in [0.3, 0.4) is 0 Å². The first-order chi connectivity index (χ1) is 11.1. The Kier molecular flexibility index (Phi) is 4.29. The fourth-order valence-electron chi connectivity index (χ4n) is 2.44. The molecule has 116 valence electrons. The van der Waals surface area contributed by atoms with E-state index in [9.17, 15) is 4.79 Å². The molecule has 0 spiro atoms. The second kappa shape index (κ2) is 6.53. The molecule has 1 N–H and O–H groups in total. The van der Waals surface area contributed by atoms with E-state index in [2.05, 4.69) is 5.32 Å². The van der Waals surface area contributed by atoms with Crippen LogP contribution in [0.15, 0.2) is 66.7 Å².